The largest absolute Gasteiger partial charge is 0.352 e. The molecule has 0 radical (unpaired) electrons. The predicted octanol–water partition coefficient (Wildman–Crippen LogP) is 0.570. The number of carbonyl (C=O) groups excluding carboxylic acids is 1. The molecule has 1 aliphatic rings. The number of nitrogens with zero attached hydrogens (tertiary/aromatic N) is 1. The third-order valence-electron chi connectivity index (χ3n) is 3.11. The van der Waals surface area contributed by atoms with Crippen LogP contribution in [0.15, 0.2) is 0 Å². The molecule has 1 saturated carbocycles. The minimum atomic E-state index is 0.133. The molecule has 1 aliphatic carbocycles. The van der Waals surface area contributed by atoms with E-state index in [0.717, 1.165) is 32.2 Å². The number of likely N-dealkylation sites (N-methyl/N-ethyl adjacent to an activating group) is 1. The lowest BCUT2D eigenvalue weighted by atomic mass is 9.85. The summed E-state index contributed by atoms with van der Waals surface area (Å²) in [5.41, 5.74) is 5.89. The first-order valence-electron chi connectivity index (χ1n) is 6.19. The molecule has 94 valence electrons. The zero-order valence-electron chi connectivity index (χ0n) is 10.7. The topological polar surface area (TPSA) is 58.4 Å². The number of hydrogen-bond donors (Lipinski definition) is 2. The zero-order valence-corrected chi connectivity index (χ0v) is 10.7. The van der Waals surface area contributed by atoms with E-state index < -0.39 is 0 Å². The number of nitrogens with two attached hydrogens (primary N) is 1. The Morgan fingerprint density at radius 1 is 1.50 bits per heavy atom. The van der Waals surface area contributed by atoms with E-state index in [1.165, 1.54) is 0 Å². The van der Waals surface area contributed by atoms with Gasteiger partial charge in [-0.15, -0.1) is 0 Å². The Morgan fingerprint density at radius 2 is 2.19 bits per heavy atom. The van der Waals surface area contributed by atoms with Gasteiger partial charge in [0, 0.05) is 24.5 Å². The van der Waals surface area contributed by atoms with Crippen molar-refractivity contribution in [3.63, 3.8) is 0 Å². The Morgan fingerprint density at radius 3 is 2.75 bits per heavy atom. The van der Waals surface area contributed by atoms with Gasteiger partial charge in [0.1, 0.15) is 0 Å². The summed E-state index contributed by atoms with van der Waals surface area (Å²) in [7, 11) is 4.03. The highest BCUT2D eigenvalue weighted by Gasteiger charge is 2.25. The van der Waals surface area contributed by atoms with Crippen LogP contribution >= 0.6 is 0 Å². The first-order valence-corrected chi connectivity index (χ1v) is 6.19. The quantitative estimate of drug-likeness (QED) is 0.738. The Labute approximate surface area is 98.6 Å². The summed E-state index contributed by atoms with van der Waals surface area (Å²) in [4.78, 5) is 14.0. The van der Waals surface area contributed by atoms with Crippen molar-refractivity contribution >= 4 is 5.91 Å². The van der Waals surface area contributed by atoms with Crippen molar-refractivity contribution in [2.75, 3.05) is 20.6 Å². The molecule has 4 nitrogen and oxygen atoms in total. The molecular formula is C12H25N3O. The summed E-state index contributed by atoms with van der Waals surface area (Å²) >= 11 is 0. The lowest BCUT2D eigenvalue weighted by Crippen LogP contribution is -2.44. The normalized spacial score (nSPS) is 27.8. The van der Waals surface area contributed by atoms with Crippen molar-refractivity contribution in [2.24, 2.45) is 11.7 Å². The summed E-state index contributed by atoms with van der Waals surface area (Å²) in [5, 5.41) is 3.07. The van der Waals surface area contributed by atoms with Gasteiger partial charge in [-0.2, -0.15) is 0 Å². The van der Waals surface area contributed by atoms with Gasteiger partial charge in [0.15, 0.2) is 0 Å². The molecule has 3 N–H and O–H groups in total. The van der Waals surface area contributed by atoms with E-state index in [4.69, 9.17) is 5.73 Å². The van der Waals surface area contributed by atoms with E-state index in [1.54, 1.807) is 0 Å². The molecule has 0 bridgehead atoms. The smallest absolute Gasteiger partial charge is 0.223 e. The second kappa shape index (κ2) is 6.21. The van der Waals surface area contributed by atoms with E-state index in [0.29, 0.717) is 0 Å². The zero-order chi connectivity index (χ0) is 12.1. The van der Waals surface area contributed by atoms with Crippen LogP contribution in [-0.4, -0.2) is 43.5 Å². The van der Waals surface area contributed by atoms with E-state index in [2.05, 4.69) is 10.2 Å². The van der Waals surface area contributed by atoms with Gasteiger partial charge in [0.2, 0.25) is 5.91 Å². The SMILES string of the molecule is CC(CN(C)C)NC(=O)C1CCCC(N)C1. The van der Waals surface area contributed by atoms with E-state index in [9.17, 15) is 4.79 Å². The highest BCUT2D eigenvalue weighted by atomic mass is 16.1. The molecule has 3 unspecified atom stereocenters. The molecule has 0 aromatic carbocycles. The summed E-state index contributed by atoms with van der Waals surface area (Å²) < 4.78 is 0. The van der Waals surface area contributed by atoms with Crippen molar-refractivity contribution in [2.45, 2.75) is 44.7 Å². The molecule has 0 heterocycles. The number of hydrogen-bond acceptors (Lipinski definition) is 3. The van der Waals surface area contributed by atoms with Crippen LogP contribution in [-0.2, 0) is 4.79 Å². The highest BCUT2D eigenvalue weighted by Crippen LogP contribution is 2.23. The first-order chi connectivity index (χ1) is 7.49. The summed E-state index contributed by atoms with van der Waals surface area (Å²) in [6.45, 7) is 2.92. The molecule has 0 spiro atoms. The van der Waals surface area contributed by atoms with Crippen molar-refractivity contribution in [1.29, 1.82) is 0 Å². The van der Waals surface area contributed by atoms with E-state index in [-0.39, 0.29) is 23.9 Å². The average molecular weight is 227 g/mol. The lowest BCUT2D eigenvalue weighted by molar-refractivity contribution is -0.126. The molecule has 0 aliphatic heterocycles. The van der Waals surface area contributed by atoms with Crippen molar-refractivity contribution in [3.05, 3.63) is 0 Å². The van der Waals surface area contributed by atoms with Crippen LogP contribution in [0.1, 0.15) is 32.6 Å². The summed E-state index contributed by atoms with van der Waals surface area (Å²) in [6, 6.07) is 0.425. The van der Waals surface area contributed by atoms with Crippen LogP contribution in [0.25, 0.3) is 0 Å². The fourth-order valence-electron chi connectivity index (χ4n) is 2.42. The Hall–Kier alpha value is -0.610. The fourth-order valence-corrected chi connectivity index (χ4v) is 2.42. The molecule has 0 aromatic rings. The summed E-state index contributed by atoms with van der Waals surface area (Å²) in [5.74, 6) is 0.317. The van der Waals surface area contributed by atoms with Gasteiger partial charge in [0.05, 0.1) is 0 Å². The lowest BCUT2D eigenvalue weighted by Gasteiger charge is -2.27. The number of rotatable bonds is 4. The highest BCUT2D eigenvalue weighted by molar-refractivity contribution is 5.79. The molecule has 1 amide bonds. The Kier molecular flexibility index (Phi) is 5.22. The minimum absolute atomic E-state index is 0.133. The van der Waals surface area contributed by atoms with Gasteiger partial charge in [0.25, 0.3) is 0 Å². The summed E-state index contributed by atoms with van der Waals surface area (Å²) in [6.07, 6.45) is 3.99. The molecule has 4 heteroatoms. The second-order valence-corrected chi connectivity index (χ2v) is 5.30. The van der Waals surface area contributed by atoms with E-state index in [1.807, 2.05) is 21.0 Å². The van der Waals surface area contributed by atoms with Gasteiger partial charge in [-0.05, 0) is 40.3 Å². The van der Waals surface area contributed by atoms with Gasteiger partial charge >= 0.3 is 0 Å². The van der Waals surface area contributed by atoms with Crippen molar-refractivity contribution < 1.29 is 4.79 Å². The monoisotopic (exact) mass is 227 g/mol. The second-order valence-electron chi connectivity index (χ2n) is 5.30. The van der Waals surface area contributed by atoms with Crippen LogP contribution < -0.4 is 11.1 Å². The first kappa shape index (κ1) is 13.5. The maximum Gasteiger partial charge on any atom is 0.223 e. The van der Waals surface area contributed by atoms with Crippen LogP contribution in [0.4, 0.5) is 0 Å². The fraction of sp³-hybridized carbons (Fsp3) is 0.917. The third-order valence-corrected chi connectivity index (χ3v) is 3.11. The van der Waals surface area contributed by atoms with Gasteiger partial charge in [-0.3, -0.25) is 4.79 Å². The van der Waals surface area contributed by atoms with Crippen LogP contribution in [0.3, 0.4) is 0 Å². The maximum absolute atomic E-state index is 12.0. The van der Waals surface area contributed by atoms with Crippen molar-refractivity contribution in [1.82, 2.24) is 10.2 Å². The molecular weight excluding hydrogens is 202 g/mol. The van der Waals surface area contributed by atoms with Crippen molar-refractivity contribution in [3.8, 4) is 0 Å². The van der Waals surface area contributed by atoms with Gasteiger partial charge in [-0.1, -0.05) is 6.42 Å². The number of amides is 1. The molecule has 0 aromatic heterocycles. The number of carbonyl (C=O) groups is 1. The van der Waals surface area contributed by atoms with Crippen LogP contribution in [0.5, 0.6) is 0 Å². The predicted molar refractivity (Wildman–Crippen MR) is 66.1 cm³/mol. The molecule has 16 heavy (non-hydrogen) atoms. The maximum atomic E-state index is 12.0. The van der Waals surface area contributed by atoms with E-state index >= 15 is 0 Å². The van der Waals surface area contributed by atoms with Gasteiger partial charge < -0.3 is 16.0 Å². The Bertz CT molecular complexity index is 230. The Balaban J connectivity index is 2.33. The standard InChI is InChI=1S/C12H25N3O/c1-9(8-15(2)3)14-12(16)10-5-4-6-11(13)7-10/h9-11H,4-8,13H2,1-3H3,(H,14,16). The average Bonchev–Trinajstić information content (AvgIpc) is 2.16. The number of nitrogens with one attached hydrogen (secondary N) is 1. The third kappa shape index (κ3) is 4.49. The molecule has 1 rings (SSSR count). The minimum Gasteiger partial charge on any atom is -0.352 e. The molecule has 1 fully saturated rings. The molecule has 0 saturated heterocycles. The van der Waals surface area contributed by atoms with Gasteiger partial charge in [-0.25, -0.2) is 0 Å². The molecule has 3 atom stereocenters. The van der Waals surface area contributed by atoms with Crippen LogP contribution in [0.2, 0.25) is 0 Å². The van der Waals surface area contributed by atoms with Crippen LogP contribution in [0, 0.1) is 5.92 Å².